The molecule has 0 aliphatic carbocycles. The predicted molar refractivity (Wildman–Crippen MR) is 96.7 cm³/mol. The lowest BCUT2D eigenvalue weighted by molar-refractivity contribution is 0.0933. The Morgan fingerprint density at radius 2 is 1.88 bits per heavy atom. The van der Waals surface area contributed by atoms with Crippen LogP contribution in [0.5, 0.6) is 0 Å². The van der Waals surface area contributed by atoms with E-state index >= 15 is 0 Å². The first-order valence-electron chi connectivity index (χ1n) is 8.68. The molecule has 0 aliphatic rings. The number of nitrogens with one attached hydrogen (secondary N) is 1. The Morgan fingerprint density at radius 1 is 1.12 bits per heavy atom. The first kappa shape index (κ1) is 18.9. The topological polar surface area (TPSA) is 73.2 Å². The zero-order valence-corrected chi connectivity index (χ0v) is 14.6. The number of carbonyl (C=O) groups is 1. The van der Waals surface area contributed by atoms with Crippen LogP contribution in [-0.2, 0) is 11.3 Å². The zero-order valence-electron chi connectivity index (χ0n) is 14.6. The average Bonchev–Trinajstić information content (AvgIpc) is 2.63. The molecule has 2 aromatic rings. The van der Waals surface area contributed by atoms with E-state index < -0.39 is 0 Å². The summed E-state index contributed by atoms with van der Waals surface area (Å²) in [6, 6.07) is 12.4. The van der Waals surface area contributed by atoms with Crippen LogP contribution in [0.25, 0.3) is 0 Å². The van der Waals surface area contributed by atoms with Gasteiger partial charge < -0.3 is 10.1 Å². The Bertz CT molecular complexity index is 713. The third kappa shape index (κ3) is 6.51. The molecule has 0 atom stereocenters. The van der Waals surface area contributed by atoms with E-state index in [0.717, 1.165) is 31.4 Å². The molecule has 1 amide bonds. The van der Waals surface area contributed by atoms with Crippen LogP contribution in [0.15, 0.2) is 47.3 Å². The maximum atomic E-state index is 12.2. The van der Waals surface area contributed by atoms with E-state index in [9.17, 15) is 9.59 Å². The van der Waals surface area contributed by atoms with Crippen molar-refractivity contribution in [2.45, 2.75) is 32.7 Å². The second kappa shape index (κ2) is 10.4. The van der Waals surface area contributed by atoms with Crippen molar-refractivity contribution in [2.24, 2.45) is 0 Å². The molecule has 0 aliphatic heterocycles. The van der Waals surface area contributed by atoms with Crippen molar-refractivity contribution in [1.82, 2.24) is 15.1 Å². The van der Waals surface area contributed by atoms with Gasteiger partial charge in [0.1, 0.15) is 5.69 Å². The Morgan fingerprint density at radius 3 is 2.64 bits per heavy atom. The molecule has 1 aromatic heterocycles. The van der Waals surface area contributed by atoms with Gasteiger partial charge in [-0.15, -0.1) is 0 Å². The molecule has 2 rings (SSSR count). The van der Waals surface area contributed by atoms with Crippen molar-refractivity contribution in [2.75, 3.05) is 19.8 Å². The summed E-state index contributed by atoms with van der Waals surface area (Å²) in [4.78, 5) is 24.1. The number of ether oxygens (including phenoxy) is 1. The molecule has 0 bridgehead atoms. The molecule has 1 N–H and O–H groups in total. The molecule has 0 unspecified atom stereocenters. The fourth-order valence-corrected chi connectivity index (χ4v) is 2.25. The highest BCUT2D eigenvalue weighted by Crippen LogP contribution is 2.00. The maximum absolute atomic E-state index is 12.2. The maximum Gasteiger partial charge on any atom is 0.271 e. The van der Waals surface area contributed by atoms with E-state index in [1.807, 2.05) is 30.3 Å². The highest BCUT2D eigenvalue weighted by Gasteiger charge is 2.09. The fourth-order valence-electron chi connectivity index (χ4n) is 2.25. The van der Waals surface area contributed by atoms with Gasteiger partial charge in [0, 0.05) is 25.8 Å². The minimum absolute atomic E-state index is 0.232. The average molecular weight is 343 g/mol. The molecule has 0 radical (unpaired) electrons. The highest BCUT2D eigenvalue weighted by molar-refractivity contribution is 5.91. The van der Waals surface area contributed by atoms with Gasteiger partial charge in [0.2, 0.25) is 0 Å². The van der Waals surface area contributed by atoms with Crippen LogP contribution in [0.1, 0.15) is 42.2 Å². The van der Waals surface area contributed by atoms with Gasteiger partial charge in [-0.05, 0) is 24.5 Å². The quantitative estimate of drug-likeness (QED) is 0.672. The summed E-state index contributed by atoms with van der Waals surface area (Å²) in [6.45, 7) is 4.36. The van der Waals surface area contributed by atoms with Crippen LogP contribution in [0.2, 0.25) is 0 Å². The fraction of sp³-hybridized carbons (Fsp3) is 0.421. The van der Waals surface area contributed by atoms with Crippen molar-refractivity contribution in [1.29, 1.82) is 0 Å². The normalized spacial score (nSPS) is 10.6. The van der Waals surface area contributed by atoms with E-state index in [1.54, 1.807) is 0 Å². The molecule has 1 aromatic carbocycles. The van der Waals surface area contributed by atoms with Crippen LogP contribution in [-0.4, -0.2) is 35.4 Å². The van der Waals surface area contributed by atoms with Crippen molar-refractivity contribution < 1.29 is 9.53 Å². The third-order valence-electron chi connectivity index (χ3n) is 3.67. The molecule has 6 heteroatoms. The number of nitrogens with zero attached hydrogens (tertiary/aromatic N) is 2. The van der Waals surface area contributed by atoms with E-state index in [-0.39, 0.29) is 17.2 Å². The summed E-state index contributed by atoms with van der Waals surface area (Å²) in [7, 11) is 0. The number of unbranched alkanes of at least 4 members (excludes halogenated alkanes) is 1. The van der Waals surface area contributed by atoms with Gasteiger partial charge in [-0.25, -0.2) is 4.68 Å². The lowest BCUT2D eigenvalue weighted by atomic mass is 10.2. The van der Waals surface area contributed by atoms with Crippen molar-refractivity contribution >= 4 is 5.91 Å². The summed E-state index contributed by atoms with van der Waals surface area (Å²) in [6.07, 6.45) is 2.92. The van der Waals surface area contributed by atoms with Crippen LogP contribution in [0.4, 0.5) is 0 Å². The van der Waals surface area contributed by atoms with Gasteiger partial charge in [0.05, 0.1) is 6.54 Å². The first-order valence-corrected chi connectivity index (χ1v) is 8.68. The molecule has 25 heavy (non-hydrogen) atoms. The van der Waals surface area contributed by atoms with Crippen LogP contribution in [0.3, 0.4) is 0 Å². The number of hydrogen-bond donors (Lipinski definition) is 1. The standard InChI is InChI=1S/C19H25N3O3/c1-2-3-13-25-14-7-12-20-19(24)17-10-11-18(23)22(21-17)15-16-8-5-4-6-9-16/h4-6,8-11H,2-3,7,12-15H2,1H3,(H,20,24). The lowest BCUT2D eigenvalue weighted by Gasteiger charge is -2.08. The van der Waals surface area contributed by atoms with Crippen molar-refractivity contribution in [3.63, 3.8) is 0 Å². The van der Waals surface area contributed by atoms with Gasteiger partial charge >= 0.3 is 0 Å². The van der Waals surface area contributed by atoms with Crippen LogP contribution in [0, 0.1) is 0 Å². The zero-order chi connectivity index (χ0) is 17.9. The minimum Gasteiger partial charge on any atom is -0.381 e. The second-order valence-corrected chi connectivity index (χ2v) is 5.78. The summed E-state index contributed by atoms with van der Waals surface area (Å²) in [5.74, 6) is -0.282. The van der Waals surface area contributed by atoms with E-state index in [1.165, 1.54) is 16.8 Å². The lowest BCUT2D eigenvalue weighted by Crippen LogP contribution is -2.30. The van der Waals surface area contributed by atoms with Gasteiger partial charge in [0.25, 0.3) is 11.5 Å². The number of aromatic nitrogens is 2. The highest BCUT2D eigenvalue weighted by atomic mass is 16.5. The minimum atomic E-state index is -0.282. The molecule has 134 valence electrons. The molecule has 0 spiro atoms. The van der Waals surface area contributed by atoms with E-state index in [4.69, 9.17) is 4.74 Å². The second-order valence-electron chi connectivity index (χ2n) is 5.78. The first-order chi connectivity index (χ1) is 12.2. The molecule has 0 saturated heterocycles. The summed E-state index contributed by atoms with van der Waals surface area (Å²) >= 11 is 0. The van der Waals surface area contributed by atoms with Gasteiger partial charge in [0.15, 0.2) is 0 Å². The molecule has 6 nitrogen and oxygen atoms in total. The number of hydrogen-bond acceptors (Lipinski definition) is 4. The number of carbonyl (C=O) groups excluding carboxylic acids is 1. The Balaban J connectivity index is 1.86. The third-order valence-corrected chi connectivity index (χ3v) is 3.67. The smallest absolute Gasteiger partial charge is 0.271 e. The molecule has 0 saturated carbocycles. The summed E-state index contributed by atoms with van der Waals surface area (Å²) in [5, 5.41) is 6.97. The number of amides is 1. The number of benzene rings is 1. The van der Waals surface area contributed by atoms with Crippen molar-refractivity contribution in [3.05, 3.63) is 64.1 Å². The van der Waals surface area contributed by atoms with E-state index in [2.05, 4.69) is 17.3 Å². The van der Waals surface area contributed by atoms with Crippen LogP contribution >= 0.6 is 0 Å². The largest absolute Gasteiger partial charge is 0.381 e. The molecule has 0 fully saturated rings. The van der Waals surface area contributed by atoms with Gasteiger partial charge in [-0.1, -0.05) is 43.7 Å². The molecule has 1 heterocycles. The molecular weight excluding hydrogens is 318 g/mol. The van der Waals surface area contributed by atoms with Crippen LogP contribution < -0.4 is 10.9 Å². The summed E-state index contributed by atoms with van der Waals surface area (Å²) < 4.78 is 6.75. The Kier molecular flexibility index (Phi) is 7.85. The number of rotatable bonds is 10. The SMILES string of the molecule is CCCCOCCCNC(=O)c1ccc(=O)n(Cc2ccccc2)n1. The predicted octanol–water partition coefficient (Wildman–Crippen LogP) is 2.23. The Hall–Kier alpha value is -2.47. The Labute approximate surface area is 147 Å². The van der Waals surface area contributed by atoms with Gasteiger partial charge in [-0.3, -0.25) is 9.59 Å². The monoisotopic (exact) mass is 343 g/mol. The van der Waals surface area contributed by atoms with Gasteiger partial charge in [-0.2, -0.15) is 5.10 Å². The molecular formula is C19H25N3O3. The van der Waals surface area contributed by atoms with E-state index in [0.29, 0.717) is 19.7 Å². The van der Waals surface area contributed by atoms with Crippen molar-refractivity contribution in [3.8, 4) is 0 Å². The summed E-state index contributed by atoms with van der Waals surface area (Å²) in [5.41, 5.74) is 0.964.